The summed E-state index contributed by atoms with van der Waals surface area (Å²) in [6.45, 7) is 5.90. The molecule has 0 aliphatic carbocycles. The second kappa shape index (κ2) is 5.67. The first-order valence-electron chi connectivity index (χ1n) is 6.03. The third-order valence-electron chi connectivity index (χ3n) is 3.23. The Morgan fingerprint density at radius 2 is 2.35 bits per heavy atom. The lowest BCUT2D eigenvalue weighted by atomic mass is 10.1. The summed E-state index contributed by atoms with van der Waals surface area (Å²) in [4.78, 5) is 11.0. The normalized spacial score (nSPS) is 24.1. The SMILES string of the molecule is CCOc1cncc(N2CCC(C)C2CBr)n1. The molecule has 2 unspecified atom stereocenters. The molecule has 94 valence electrons. The molecule has 1 fully saturated rings. The van der Waals surface area contributed by atoms with Crippen molar-refractivity contribution in [2.24, 2.45) is 5.92 Å². The average Bonchev–Trinajstić information content (AvgIpc) is 2.71. The quantitative estimate of drug-likeness (QED) is 0.801. The van der Waals surface area contributed by atoms with E-state index >= 15 is 0 Å². The van der Waals surface area contributed by atoms with E-state index in [1.165, 1.54) is 6.42 Å². The summed E-state index contributed by atoms with van der Waals surface area (Å²) in [5.74, 6) is 2.22. The maximum atomic E-state index is 5.39. The standard InChI is InChI=1S/C12H18BrN3O/c1-3-17-12-8-14-7-11(15-12)16-5-4-9(2)10(16)6-13/h7-10H,3-6H2,1-2H3. The molecule has 0 spiro atoms. The van der Waals surface area contributed by atoms with Crippen LogP contribution in [-0.2, 0) is 0 Å². The zero-order chi connectivity index (χ0) is 12.3. The van der Waals surface area contributed by atoms with Crippen LogP contribution in [0, 0.1) is 5.92 Å². The van der Waals surface area contributed by atoms with Crippen molar-refractivity contribution >= 4 is 21.7 Å². The molecule has 2 heterocycles. The lowest BCUT2D eigenvalue weighted by molar-refractivity contribution is 0.325. The number of nitrogens with zero attached hydrogens (tertiary/aromatic N) is 3. The first-order valence-corrected chi connectivity index (χ1v) is 7.15. The maximum absolute atomic E-state index is 5.39. The van der Waals surface area contributed by atoms with Crippen LogP contribution in [0.1, 0.15) is 20.3 Å². The van der Waals surface area contributed by atoms with Crippen molar-refractivity contribution in [2.75, 3.05) is 23.4 Å². The molecule has 1 aliphatic rings. The third-order valence-corrected chi connectivity index (χ3v) is 3.89. The predicted octanol–water partition coefficient (Wildman–Crippen LogP) is 2.49. The first-order chi connectivity index (χ1) is 8.26. The highest BCUT2D eigenvalue weighted by Gasteiger charge is 2.31. The summed E-state index contributed by atoms with van der Waals surface area (Å²) in [7, 11) is 0. The number of halogens is 1. The molecule has 5 heteroatoms. The summed E-state index contributed by atoms with van der Waals surface area (Å²) in [5, 5.41) is 0.967. The monoisotopic (exact) mass is 299 g/mol. The van der Waals surface area contributed by atoms with Crippen molar-refractivity contribution < 1.29 is 4.74 Å². The van der Waals surface area contributed by atoms with Crippen LogP contribution in [-0.4, -0.2) is 34.5 Å². The molecule has 2 rings (SSSR count). The van der Waals surface area contributed by atoms with Crippen LogP contribution in [0.4, 0.5) is 5.82 Å². The number of ether oxygens (including phenoxy) is 1. The second-order valence-electron chi connectivity index (χ2n) is 4.33. The molecule has 1 aromatic rings. The van der Waals surface area contributed by atoms with Gasteiger partial charge in [-0.2, -0.15) is 4.98 Å². The van der Waals surface area contributed by atoms with Gasteiger partial charge in [0.15, 0.2) is 5.82 Å². The molecule has 1 aromatic heterocycles. The minimum atomic E-state index is 0.501. The molecule has 2 atom stereocenters. The van der Waals surface area contributed by atoms with Gasteiger partial charge in [0.05, 0.1) is 19.0 Å². The second-order valence-corrected chi connectivity index (χ2v) is 4.98. The lowest BCUT2D eigenvalue weighted by Gasteiger charge is -2.26. The van der Waals surface area contributed by atoms with Crippen molar-refractivity contribution in [3.8, 4) is 5.88 Å². The van der Waals surface area contributed by atoms with Gasteiger partial charge in [-0.3, -0.25) is 4.98 Å². The first kappa shape index (κ1) is 12.6. The van der Waals surface area contributed by atoms with Crippen LogP contribution < -0.4 is 9.64 Å². The Labute approximate surface area is 111 Å². The van der Waals surface area contributed by atoms with Crippen LogP contribution >= 0.6 is 15.9 Å². The number of aromatic nitrogens is 2. The van der Waals surface area contributed by atoms with Crippen molar-refractivity contribution in [2.45, 2.75) is 26.3 Å². The summed E-state index contributed by atoms with van der Waals surface area (Å²) in [6.07, 6.45) is 4.68. The molecule has 0 radical (unpaired) electrons. The molecule has 1 aliphatic heterocycles. The van der Waals surface area contributed by atoms with Gasteiger partial charge in [-0.05, 0) is 19.3 Å². The molecule has 17 heavy (non-hydrogen) atoms. The highest BCUT2D eigenvalue weighted by atomic mass is 79.9. The van der Waals surface area contributed by atoms with Gasteiger partial charge in [-0.15, -0.1) is 0 Å². The summed E-state index contributed by atoms with van der Waals surface area (Å²) < 4.78 is 5.39. The molecule has 4 nitrogen and oxygen atoms in total. The molecule has 0 bridgehead atoms. The van der Waals surface area contributed by atoms with Crippen LogP contribution in [0.2, 0.25) is 0 Å². The topological polar surface area (TPSA) is 38.2 Å². The minimum absolute atomic E-state index is 0.501. The van der Waals surface area contributed by atoms with Crippen LogP contribution in [0.25, 0.3) is 0 Å². The van der Waals surface area contributed by atoms with Gasteiger partial charge in [-0.1, -0.05) is 22.9 Å². The minimum Gasteiger partial charge on any atom is -0.477 e. The van der Waals surface area contributed by atoms with E-state index in [1.54, 1.807) is 6.20 Å². The summed E-state index contributed by atoms with van der Waals surface area (Å²) >= 11 is 3.58. The van der Waals surface area contributed by atoms with Crippen molar-refractivity contribution in [1.82, 2.24) is 9.97 Å². The van der Waals surface area contributed by atoms with E-state index in [4.69, 9.17) is 4.74 Å². The fourth-order valence-electron chi connectivity index (χ4n) is 2.22. The number of rotatable bonds is 4. The molecular formula is C12H18BrN3O. The molecule has 0 aromatic carbocycles. The summed E-state index contributed by atoms with van der Waals surface area (Å²) in [5.41, 5.74) is 0. The Morgan fingerprint density at radius 1 is 1.53 bits per heavy atom. The Bertz CT molecular complexity index is 375. The van der Waals surface area contributed by atoms with E-state index in [0.29, 0.717) is 24.4 Å². The van der Waals surface area contributed by atoms with Gasteiger partial charge in [0, 0.05) is 17.9 Å². The average molecular weight is 300 g/mol. The van der Waals surface area contributed by atoms with Crippen LogP contribution in [0.5, 0.6) is 5.88 Å². The van der Waals surface area contributed by atoms with E-state index in [-0.39, 0.29) is 0 Å². The highest BCUT2D eigenvalue weighted by molar-refractivity contribution is 9.09. The molecule has 0 amide bonds. The predicted molar refractivity (Wildman–Crippen MR) is 71.9 cm³/mol. The van der Waals surface area contributed by atoms with Crippen molar-refractivity contribution in [3.63, 3.8) is 0 Å². The zero-order valence-corrected chi connectivity index (χ0v) is 11.9. The Balaban J connectivity index is 2.18. The van der Waals surface area contributed by atoms with Gasteiger partial charge in [0.25, 0.3) is 0 Å². The number of hydrogen-bond donors (Lipinski definition) is 0. The van der Waals surface area contributed by atoms with Gasteiger partial charge < -0.3 is 9.64 Å². The maximum Gasteiger partial charge on any atom is 0.234 e. The summed E-state index contributed by atoms with van der Waals surface area (Å²) in [6, 6.07) is 0.501. The number of hydrogen-bond acceptors (Lipinski definition) is 4. The van der Waals surface area contributed by atoms with E-state index in [9.17, 15) is 0 Å². The van der Waals surface area contributed by atoms with E-state index in [1.807, 2.05) is 13.1 Å². The molecule has 0 N–H and O–H groups in total. The van der Waals surface area contributed by atoms with Crippen molar-refractivity contribution in [3.05, 3.63) is 12.4 Å². The van der Waals surface area contributed by atoms with Gasteiger partial charge >= 0.3 is 0 Å². The smallest absolute Gasteiger partial charge is 0.234 e. The molecule has 0 saturated carbocycles. The van der Waals surface area contributed by atoms with E-state index < -0.39 is 0 Å². The Kier molecular flexibility index (Phi) is 4.20. The van der Waals surface area contributed by atoms with Gasteiger partial charge in [0.2, 0.25) is 5.88 Å². The lowest BCUT2D eigenvalue weighted by Crippen LogP contribution is -2.34. The number of alkyl halides is 1. The van der Waals surface area contributed by atoms with Gasteiger partial charge in [-0.25, -0.2) is 0 Å². The van der Waals surface area contributed by atoms with Crippen LogP contribution in [0.3, 0.4) is 0 Å². The number of anilines is 1. The highest BCUT2D eigenvalue weighted by Crippen LogP contribution is 2.29. The third kappa shape index (κ3) is 2.70. The zero-order valence-electron chi connectivity index (χ0n) is 10.3. The molecule has 1 saturated heterocycles. The van der Waals surface area contributed by atoms with Crippen LogP contribution in [0.15, 0.2) is 12.4 Å². The fraction of sp³-hybridized carbons (Fsp3) is 0.667. The molecular weight excluding hydrogens is 282 g/mol. The van der Waals surface area contributed by atoms with Gasteiger partial charge in [0.1, 0.15) is 0 Å². The Hall–Kier alpha value is -0.840. The van der Waals surface area contributed by atoms with E-state index in [2.05, 4.69) is 37.7 Å². The largest absolute Gasteiger partial charge is 0.477 e. The van der Waals surface area contributed by atoms with E-state index in [0.717, 1.165) is 17.7 Å². The Morgan fingerprint density at radius 3 is 3.06 bits per heavy atom. The van der Waals surface area contributed by atoms with Crippen molar-refractivity contribution in [1.29, 1.82) is 0 Å². The fourth-order valence-corrected chi connectivity index (χ4v) is 3.21.